The molecule has 1 spiro atoms. The molecule has 4 aliphatic carbocycles. The molecule has 0 amide bonds. The van der Waals surface area contributed by atoms with Crippen molar-refractivity contribution in [1.82, 2.24) is 0 Å². The van der Waals surface area contributed by atoms with Crippen molar-refractivity contribution in [3.63, 3.8) is 0 Å². The molecule has 4 unspecified atom stereocenters. The van der Waals surface area contributed by atoms with Gasteiger partial charge < -0.3 is 25.4 Å². The van der Waals surface area contributed by atoms with Crippen LogP contribution < -0.4 is 5.73 Å². The maximum absolute atomic E-state index is 12.3. The zero-order chi connectivity index (χ0) is 27.0. The lowest BCUT2D eigenvalue weighted by atomic mass is 9.50. The van der Waals surface area contributed by atoms with Crippen LogP contribution in [0.2, 0.25) is 0 Å². The molecule has 3 saturated carbocycles. The highest BCUT2D eigenvalue weighted by Crippen LogP contribution is 2.67. The zero-order valence-electron chi connectivity index (χ0n) is 23.8. The largest absolute Gasteiger partial charge is 0.390 e. The SMILES string of the molecule is CC1(C)COC2(CCC3=C4C(c5ccc(/C=C/CN)cc5)C[C@@]5(C)C(CCC5(C)O)C4CC[C@@]3(O)C2)OC1. The van der Waals surface area contributed by atoms with Gasteiger partial charge in [0.15, 0.2) is 5.79 Å². The van der Waals surface area contributed by atoms with E-state index in [4.69, 9.17) is 15.2 Å². The first kappa shape index (κ1) is 26.7. The zero-order valence-corrected chi connectivity index (χ0v) is 23.8. The second kappa shape index (κ2) is 9.01. The number of aliphatic hydroxyl groups is 2. The van der Waals surface area contributed by atoms with Crippen molar-refractivity contribution in [3.05, 3.63) is 52.6 Å². The van der Waals surface area contributed by atoms with Gasteiger partial charge in [-0.1, -0.05) is 62.8 Å². The molecule has 6 atom stereocenters. The maximum Gasteiger partial charge on any atom is 0.171 e. The van der Waals surface area contributed by atoms with Crippen molar-refractivity contribution in [3.8, 4) is 0 Å². The normalized spacial score (nSPS) is 41.7. The number of ether oxygens (including phenoxy) is 2. The molecule has 1 aliphatic heterocycles. The summed E-state index contributed by atoms with van der Waals surface area (Å²) in [5, 5.41) is 23.9. The quantitative estimate of drug-likeness (QED) is 0.444. The molecule has 0 aromatic heterocycles. The highest BCUT2D eigenvalue weighted by Gasteiger charge is 2.63. The van der Waals surface area contributed by atoms with Gasteiger partial charge in [-0.25, -0.2) is 0 Å². The number of hydrogen-bond donors (Lipinski definition) is 3. The number of nitrogens with two attached hydrogens (primary N) is 1. The minimum Gasteiger partial charge on any atom is -0.390 e. The third kappa shape index (κ3) is 4.16. The van der Waals surface area contributed by atoms with Gasteiger partial charge in [-0.2, -0.15) is 0 Å². The molecule has 5 aliphatic rings. The Hall–Kier alpha value is -1.50. The van der Waals surface area contributed by atoms with Gasteiger partial charge in [-0.3, -0.25) is 0 Å². The predicted molar refractivity (Wildman–Crippen MR) is 150 cm³/mol. The second-order valence-corrected chi connectivity index (χ2v) is 14.3. The van der Waals surface area contributed by atoms with Gasteiger partial charge in [0.2, 0.25) is 0 Å². The van der Waals surface area contributed by atoms with Crippen LogP contribution in [0.15, 0.2) is 41.5 Å². The second-order valence-electron chi connectivity index (χ2n) is 14.3. The summed E-state index contributed by atoms with van der Waals surface area (Å²) in [5.74, 6) is 0.377. The van der Waals surface area contributed by atoms with E-state index in [1.54, 1.807) is 0 Å². The van der Waals surface area contributed by atoms with E-state index in [-0.39, 0.29) is 16.7 Å². The smallest absolute Gasteiger partial charge is 0.171 e. The van der Waals surface area contributed by atoms with Crippen molar-refractivity contribution in [2.45, 2.75) is 102 Å². The summed E-state index contributed by atoms with van der Waals surface area (Å²) in [6, 6.07) is 8.87. The highest BCUT2D eigenvalue weighted by molar-refractivity contribution is 5.52. The summed E-state index contributed by atoms with van der Waals surface area (Å²) in [6.45, 7) is 10.6. The Morgan fingerprint density at radius 2 is 1.68 bits per heavy atom. The fourth-order valence-electron chi connectivity index (χ4n) is 8.82. The standard InChI is InChI=1S/C33H47NO4/c1-29(2)20-37-33(38-21-29)16-13-27-28-24(11-15-32(27,36)19-33)26-12-14-31(4,35)30(26,3)18-25(28)23-9-7-22(8-10-23)6-5-17-34/h5-10,24-26,35-36H,11-21,34H2,1-4H3/b6-5+/t24?,25?,26?,30-,31?,32+/m0/s1. The van der Waals surface area contributed by atoms with Crippen LogP contribution in [0.5, 0.6) is 0 Å². The molecule has 1 saturated heterocycles. The third-order valence-corrected chi connectivity index (χ3v) is 11.2. The molecule has 208 valence electrons. The van der Waals surface area contributed by atoms with Crippen molar-refractivity contribution >= 4 is 6.08 Å². The molecule has 5 nitrogen and oxygen atoms in total. The van der Waals surface area contributed by atoms with Gasteiger partial charge >= 0.3 is 0 Å². The Morgan fingerprint density at radius 3 is 2.37 bits per heavy atom. The fraction of sp³-hybridized carbons (Fsp3) is 0.697. The van der Waals surface area contributed by atoms with Crippen LogP contribution in [0.25, 0.3) is 6.08 Å². The number of hydrogen-bond acceptors (Lipinski definition) is 5. The third-order valence-electron chi connectivity index (χ3n) is 11.2. The molecule has 38 heavy (non-hydrogen) atoms. The Balaban J connectivity index is 1.41. The molecule has 4 fully saturated rings. The Bertz CT molecular complexity index is 1120. The molecule has 1 aromatic rings. The lowest BCUT2D eigenvalue weighted by Crippen LogP contribution is -2.58. The molecular weight excluding hydrogens is 474 g/mol. The van der Waals surface area contributed by atoms with E-state index in [0.29, 0.717) is 38.0 Å². The van der Waals surface area contributed by atoms with Gasteiger partial charge in [-0.05, 0) is 74.0 Å². The van der Waals surface area contributed by atoms with Crippen LogP contribution in [0.4, 0.5) is 0 Å². The van der Waals surface area contributed by atoms with Crippen LogP contribution >= 0.6 is 0 Å². The maximum atomic E-state index is 12.3. The van der Waals surface area contributed by atoms with Crippen molar-refractivity contribution in [2.24, 2.45) is 28.4 Å². The van der Waals surface area contributed by atoms with Crippen LogP contribution in [0, 0.1) is 22.7 Å². The minimum absolute atomic E-state index is 0.00805. The lowest BCUT2D eigenvalue weighted by Gasteiger charge is -2.58. The number of rotatable bonds is 3. The molecule has 4 N–H and O–H groups in total. The van der Waals surface area contributed by atoms with E-state index in [1.807, 2.05) is 6.08 Å². The van der Waals surface area contributed by atoms with E-state index in [2.05, 4.69) is 58.0 Å². The Labute approximate surface area is 228 Å². The van der Waals surface area contributed by atoms with E-state index in [0.717, 1.165) is 50.5 Å². The molecule has 0 bridgehead atoms. The summed E-state index contributed by atoms with van der Waals surface area (Å²) in [4.78, 5) is 0. The number of fused-ring (bicyclic) bond motifs is 4. The van der Waals surface area contributed by atoms with E-state index < -0.39 is 17.0 Å². The van der Waals surface area contributed by atoms with Crippen LogP contribution in [0.1, 0.15) is 96.1 Å². The Kier molecular flexibility index (Phi) is 6.33. The highest BCUT2D eigenvalue weighted by atomic mass is 16.7. The van der Waals surface area contributed by atoms with Gasteiger partial charge in [0.1, 0.15) is 0 Å². The summed E-state index contributed by atoms with van der Waals surface area (Å²) >= 11 is 0. The number of benzene rings is 1. The van der Waals surface area contributed by atoms with E-state index >= 15 is 0 Å². The first-order valence-electron chi connectivity index (χ1n) is 14.8. The van der Waals surface area contributed by atoms with E-state index in [9.17, 15) is 10.2 Å². The van der Waals surface area contributed by atoms with Crippen molar-refractivity contribution < 1.29 is 19.7 Å². The monoisotopic (exact) mass is 521 g/mol. The average Bonchev–Trinajstić information content (AvgIpc) is 3.12. The van der Waals surface area contributed by atoms with Crippen LogP contribution in [-0.2, 0) is 9.47 Å². The predicted octanol–water partition coefficient (Wildman–Crippen LogP) is 5.70. The summed E-state index contributed by atoms with van der Waals surface area (Å²) in [7, 11) is 0. The van der Waals surface area contributed by atoms with Crippen LogP contribution in [-0.4, -0.2) is 47.0 Å². The molecular formula is C33H47NO4. The van der Waals surface area contributed by atoms with Crippen molar-refractivity contribution in [2.75, 3.05) is 19.8 Å². The molecule has 1 heterocycles. The minimum atomic E-state index is -0.886. The van der Waals surface area contributed by atoms with Crippen LogP contribution in [0.3, 0.4) is 0 Å². The molecule has 1 aromatic carbocycles. The first-order chi connectivity index (χ1) is 17.9. The average molecular weight is 522 g/mol. The molecule has 6 rings (SSSR count). The summed E-state index contributed by atoms with van der Waals surface area (Å²) in [6.07, 6.45) is 10.7. The van der Waals surface area contributed by atoms with Gasteiger partial charge in [0.05, 0.1) is 24.4 Å². The van der Waals surface area contributed by atoms with Gasteiger partial charge in [-0.15, -0.1) is 0 Å². The van der Waals surface area contributed by atoms with Gasteiger partial charge in [0, 0.05) is 36.1 Å². The van der Waals surface area contributed by atoms with Gasteiger partial charge in [0.25, 0.3) is 0 Å². The first-order valence-corrected chi connectivity index (χ1v) is 14.8. The number of allylic oxidation sites excluding steroid dienone is 1. The Morgan fingerprint density at radius 1 is 0.974 bits per heavy atom. The fourth-order valence-corrected chi connectivity index (χ4v) is 8.82. The summed E-state index contributed by atoms with van der Waals surface area (Å²) in [5.41, 5.74) is 9.14. The molecule has 0 radical (unpaired) electrons. The molecule has 5 heteroatoms. The van der Waals surface area contributed by atoms with Crippen molar-refractivity contribution in [1.29, 1.82) is 0 Å². The topological polar surface area (TPSA) is 84.9 Å². The summed E-state index contributed by atoms with van der Waals surface area (Å²) < 4.78 is 12.8. The van der Waals surface area contributed by atoms with E-state index in [1.165, 1.54) is 16.7 Å². The lowest BCUT2D eigenvalue weighted by molar-refractivity contribution is -0.322.